The van der Waals surface area contributed by atoms with E-state index in [1.54, 1.807) is 0 Å². The molecule has 5 nitrogen and oxygen atoms in total. The molecule has 4 heterocycles. The third-order valence-corrected chi connectivity index (χ3v) is 12.1. The van der Waals surface area contributed by atoms with Crippen molar-refractivity contribution in [3.8, 4) is 56.4 Å². The van der Waals surface area contributed by atoms with Crippen LogP contribution >= 0.6 is 11.3 Å². The van der Waals surface area contributed by atoms with Crippen LogP contribution in [0, 0.1) is 0 Å². The molecule has 0 bridgehead atoms. The van der Waals surface area contributed by atoms with E-state index < -0.39 is 0 Å². The van der Waals surface area contributed by atoms with Gasteiger partial charge in [-0.05, 0) is 59.2 Å². The van der Waals surface area contributed by atoms with E-state index in [1.165, 1.54) is 25.7 Å². The summed E-state index contributed by atoms with van der Waals surface area (Å²) in [5.74, 6) is 1.78. The van der Waals surface area contributed by atoms with Crippen LogP contribution in [0.2, 0.25) is 0 Å². The number of furan rings is 2. The van der Waals surface area contributed by atoms with Crippen LogP contribution in [0.5, 0.6) is 0 Å². The van der Waals surface area contributed by atoms with Gasteiger partial charge in [-0.15, -0.1) is 11.3 Å². The Morgan fingerprint density at radius 1 is 0.333 bits per heavy atom. The molecule has 0 fully saturated rings. The molecule has 0 amide bonds. The molecule has 0 saturated heterocycles. The molecule has 0 aliphatic heterocycles. The van der Waals surface area contributed by atoms with Gasteiger partial charge in [0.25, 0.3) is 0 Å². The van der Waals surface area contributed by atoms with Crippen LogP contribution in [0.3, 0.4) is 0 Å². The zero-order chi connectivity index (χ0) is 37.5. The second-order valence-electron chi connectivity index (χ2n) is 14.3. The Morgan fingerprint density at radius 2 is 0.930 bits per heavy atom. The predicted octanol–water partition coefficient (Wildman–Crippen LogP) is 14.4. The van der Waals surface area contributed by atoms with E-state index in [2.05, 4.69) is 97.1 Å². The molecule has 0 saturated carbocycles. The maximum Gasteiger partial charge on any atom is 0.167 e. The fourth-order valence-electron chi connectivity index (χ4n) is 8.28. The lowest BCUT2D eigenvalue weighted by atomic mass is 9.93. The van der Waals surface area contributed by atoms with Crippen molar-refractivity contribution in [1.29, 1.82) is 0 Å². The minimum Gasteiger partial charge on any atom is -0.456 e. The third kappa shape index (κ3) is 5.12. The van der Waals surface area contributed by atoms with Gasteiger partial charge in [0.15, 0.2) is 17.5 Å². The monoisotopic (exact) mass is 747 g/mol. The van der Waals surface area contributed by atoms with Gasteiger partial charge in [0.2, 0.25) is 0 Å². The van der Waals surface area contributed by atoms with Crippen LogP contribution in [0.25, 0.3) is 120 Å². The lowest BCUT2D eigenvalue weighted by molar-refractivity contribution is 0.669. The zero-order valence-electron chi connectivity index (χ0n) is 30.3. The summed E-state index contributed by atoms with van der Waals surface area (Å²) < 4.78 is 15.7. The Morgan fingerprint density at radius 3 is 1.68 bits per heavy atom. The number of benzene rings is 8. The summed E-state index contributed by atoms with van der Waals surface area (Å²) in [6.07, 6.45) is 0. The highest BCUT2D eigenvalue weighted by atomic mass is 32.1. The van der Waals surface area contributed by atoms with Gasteiger partial charge in [-0.2, -0.15) is 0 Å². The molecule has 0 aliphatic carbocycles. The quantitative estimate of drug-likeness (QED) is 0.175. The molecule has 57 heavy (non-hydrogen) atoms. The van der Waals surface area contributed by atoms with E-state index in [9.17, 15) is 0 Å². The number of fused-ring (bicyclic) bond motifs is 9. The van der Waals surface area contributed by atoms with Crippen molar-refractivity contribution in [2.24, 2.45) is 0 Å². The SMILES string of the molecule is c1ccc(-c2nc(-c3ccccc3)nc(-c3cccc4c3oc3c(-c5cc(-c6ccc7oc8ccccc8c7c6)c6c(c5)sc5ccccc56)cccc34)n2)cc1. The van der Waals surface area contributed by atoms with Crippen molar-refractivity contribution in [2.75, 3.05) is 0 Å². The maximum absolute atomic E-state index is 7.02. The molecule has 0 radical (unpaired) electrons. The van der Waals surface area contributed by atoms with Gasteiger partial charge < -0.3 is 8.83 Å². The Kier molecular flexibility index (Phi) is 7.03. The number of hydrogen-bond donors (Lipinski definition) is 0. The lowest BCUT2D eigenvalue weighted by Gasteiger charge is -2.10. The number of aromatic nitrogens is 3. The van der Waals surface area contributed by atoms with Gasteiger partial charge in [-0.25, -0.2) is 15.0 Å². The molecule has 266 valence electrons. The topological polar surface area (TPSA) is 65.0 Å². The predicted molar refractivity (Wildman–Crippen MR) is 234 cm³/mol. The van der Waals surface area contributed by atoms with Crippen LogP contribution in [0.1, 0.15) is 0 Å². The standard InChI is InChI=1S/C51H29N3O2S/c1-3-13-30(14-4-1)49-52-50(31-15-5-2-6-16-31)54-51(53-49)39-22-12-21-37-36-20-11-19-34(47(36)56-48(37)39)33-28-40(46-38-18-8-10-24-44(38)57-45(46)29-33)32-25-26-43-41(27-32)35-17-7-9-23-42(35)55-43/h1-29H. The van der Waals surface area contributed by atoms with Crippen molar-refractivity contribution in [3.05, 3.63) is 176 Å². The average Bonchev–Trinajstić information content (AvgIpc) is 3.97. The van der Waals surface area contributed by atoms with Crippen molar-refractivity contribution in [2.45, 2.75) is 0 Å². The highest BCUT2D eigenvalue weighted by Crippen LogP contribution is 2.46. The molecule has 8 aromatic carbocycles. The Hall–Kier alpha value is -7.41. The summed E-state index contributed by atoms with van der Waals surface area (Å²) in [5, 5.41) is 6.78. The van der Waals surface area contributed by atoms with Crippen LogP contribution in [0.15, 0.2) is 185 Å². The number of hydrogen-bond acceptors (Lipinski definition) is 6. The van der Waals surface area contributed by atoms with E-state index in [4.69, 9.17) is 23.8 Å². The van der Waals surface area contributed by atoms with Crippen LogP contribution in [-0.4, -0.2) is 15.0 Å². The summed E-state index contributed by atoms with van der Waals surface area (Å²) in [6.45, 7) is 0. The van der Waals surface area contributed by atoms with Gasteiger partial charge in [0.1, 0.15) is 22.3 Å². The second kappa shape index (κ2) is 12.6. The molecule has 0 spiro atoms. The minimum absolute atomic E-state index is 0.560. The molecule has 6 heteroatoms. The normalized spacial score (nSPS) is 11.9. The smallest absolute Gasteiger partial charge is 0.167 e. The molecular formula is C51H29N3O2S. The van der Waals surface area contributed by atoms with Crippen molar-refractivity contribution < 1.29 is 8.83 Å². The molecule has 0 atom stereocenters. The van der Waals surface area contributed by atoms with E-state index in [1.807, 2.05) is 90.2 Å². The first-order chi connectivity index (χ1) is 28.2. The molecule has 4 aromatic heterocycles. The molecule has 12 aromatic rings. The highest BCUT2D eigenvalue weighted by Gasteiger charge is 2.21. The largest absolute Gasteiger partial charge is 0.456 e. The zero-order valence-corrected chi connectivity index (χ0v) is 31.1. The van der Waals surface area contributed by atoms with Gasteiger partial charge in [0, 0.05) is 58.4 Å². The number of thiophene rings is 1. The Labute approximate surface area is 330 Å². The first-order valence-electron chi connectivity index (χ1n) is 18.9. The molecule has 0 aliphatic rings. The number of nitrogens with zero attached hydrogens (tertiary/aromatic N) is 3. The first-order valence-corrected chi connectivity index (χ1v) is 19.7. The summed E-state index contributed by atoms with van der Waals surface area (Å²) in [7, 11) is 0. The average molecular weight is 748 g/mol. The van der Waals surface area contributed by atoms with E-state index >= 15 is 0 Å². The Balaban J connectivity index is 1.08. The van der Waals surface area contributed by atoms with Crippen LogP contribution < -0.4 is 0 Å². The summed E-state index contributed by atoms with van der Waals surface area (Å²) in [5.41, 5.74) is 10.4. The van der Waals surface area contributed by atoms with Gasteiger partial charge in [0.05, 0.1) is 5.56 Å². The number of rotatable bonds is 5. The van der Waals surface area contributed by atoms with Crippen LogP contribution in [0.4, 0.5) is 0 Å². The molecule has 12 rings (SSSR count). The second-order valence-corrected chi connectivity index (χ2v) is 15.4. The van der Waals surface area contributed by atoms with E-state index in [-0.39, 0.29) is 0 Å². The van der Waals surface area contributed by atoms with Gasteiger partial charge in [-0.3, -0.25) is 0 Å². The van der Waals surface area contributed by atoms with Crippen LogP contribution in [-0.2, 0) is 0 Å². The maximum atomic E-state index is 7.02. The van der Waals surface area contributed by atoms with Crippen molar-refractivity contribution in [3.63, 3.8) is 0 Å². The fraction of sp³-hybridized carbons (Fsp3) is 0. The third-order valence-electron chi connectivity index (χ3n) is 10.9. The minimum atomic E-state index is 0.560. The van der Waals surface area contributed by atoms with E-state index in [0.717, 1.165) is 77.3 Å². The first kappa shape index (κ1) is 31.9. The van der Waals surface area contributed by atoms with Gasteiger partial charge in [-0.1, -0.05) is 133 Å². The molecule has 0 unspecified atom stereocenters. The highest BCUT2D eigenvalue weighted by molar-refractivity contribution is 7.26. The fourth-order valence-corrected chi connectivity index (χ4v) is 9.46. The summed E-state index contributed by atoms with van der Waals surface area (Å²) >= 11 is 1.82. The number of para-hydroxylation sites is 3. The van der Waals surface area contributed by atoms with Crippen molar-refractivity contribution in [1.82, 2.24) is 15.0 Å². The van der Waals surface area contributed by atoms with E-state index in [0.29, 0.717) is 17.5 Å². The van der Waals surface area contributed by atoms with Crippen molar-refractivity contribution >= 4 is 75.4 Å². The summed E-state index contributed by atoms with van der Waals surface area (Å²) in [6, 6.07) is 60.9. The van der Waals surface area contributed by atoms with Gasteiger partial charge >= 0.3 is 0 Å². The Bertz CT molecular complexity index is 3470. The molecule has 0 N–H and O–H groups in total. The summed E-state index contributed by atoms with van der Waals surface area (Å²) in [4.78, 5) is 15.0. The molecular weight excluding hydrogens is 719 g/mol. The lowest BCUT2D eigenvalue weighted by Crippen LogP contribution is -2.00.